The van der Waals surface area contributed by atoms with Crippen LogP contribution in [0.5, 0.6) is 0 Å². The molecule has 0 spiro atoms. The first kappa shape index (κ1) is 17.2. The molecule has 1 N–H and O–H groups in total. The maximum Gasteiger partial charge on any atom is 0.0319 e. The zero-order valence-corrected chi connectivity index (χ0v) is 14.2. The van der Waals surface area contributed by atoms with Crippen LogP contribution in [0.25, 0.3) is 0 Å². The van der Waals surface area contributed by atoms with Gasteiger partial charge >= 0.3 is 0 Å². The minimum absolute atomic E-state index is 0. The van der Waals surface area contributed by atoms with E-state index in [0.717, 1.165) is 6.54 Å². The number of fused-ring (bicyclic) bond motifs is 2. The van der Waals surface area contributed by atoms with Crippen LogP contribution in [0.3, 0.4) is 0 Å². The Balaban J connectivity index is 0.000000154. The van der Waals surface area contributed by atoms with Gasteiger partial charge in [0.1, 0.15) is 0 Å². The molecule has 2 unspecified atom stereocenters. The SMILES string of the molecule is C.C=S1Cc2cc(C)ccc21.C=S1NCc2cc(C)ccc21. The van der Waals surface area contributed by atoms with Gasteiger partial charge in [-0.05, 0) is 37.1 Å². The van der Waals surface area contributed by atoms with Crippen LogP contribution in [-0.2, 0) is 12.3 Å². The highest BCUT2D eigenvalue weighted by molar-refractivity contribution is 8.14. The molecule has 2 heterocycles. The monoisotopic (exact) mass is 331 g/mol. The molecule has 4 rings (SSSR count). The number of rotatable bonds is 0. The van der Waals surface area contributed by atoms with Crippen LogP contribution in [0.4, 0.5) is 0 Å². The van der Waals surface area contributed by atoms with E-state index in [4.69, 9.17) is 0 Å². The summed E-state index contributed by atoms with van der Waals surface area (Å²) >= 11 is 0. The van der Waals surface area contributed by atoms with Gasteiger partial charge in [-0.25, -0.2) is 0 Å². The van der Waals surface area contributed by atoms with Crippen LogP contribution < -0.4 is 4.72 Å². The summed E-state index contributed by atoms with van der Waals surface area (Å²) in [7, 11) is 0.369. The number of nitrogens with one attached hydrogen (secondary N) is 1. The van der Waals surface area contributed by atoms with Gasteiger partial charge in [-0.15, -0.1) is 0 Å². The minimum atomic E-state index is 0. The zero-order valence-electron chi connectivity index (χ0n) is 12.6. The van der Waals surface area contributed by atoms with Gasteiger partial charge in [0.15, 0.2) is 0 Å². The average molecular weight is 332 g/mol. The molecule has 3 heteroatoms. The lowest BCUT2D eigenvalue weighted by atomic mass is 10.1. The Morgan fingerprint density at radius 2 is 1.50 bits per heavy atom. The number of benzene rings is 2. The van der Waals surface area contributed by atoms with Gasteiger partial charge < -0.3 is 0 Å². The topological polar surface area (TPSA) is 12.0 Å². The number of aryl methyl sites for hydroxylation is 2. The van der Waals surface area contributed by atoms with E-state index in [1.807, 2.05) is 0 Å². The highest BCUT2D eigenvalue weighted by Crippen LogP contribution is 2.42. The molecule has 0 aliphatic carbocycles. The first-order valence-electron chi connectivity index (χ1n) is 7.02. The van der Waals surface area contributed by atoms with Crippen molar-refractivity contribution >= 4 is 32.9 Å². The van der Waals surface area contributed by atoms with Crippen LogP contribution in [0.15, 0.2) is 46.2 Å². The van der Waals surface area contributed by atoms with Gasteiger partial charge in [-0.2, -0.15) is 10.5 Å². The zero-order chi connectivity index (χ0) is 15.0. The molecular formula is C19H25NS2. The van der Waals surface area contributed by atoms with E-state index in [0.29, 0.717) is 10.5 Å². The van der Waals surface area contributed by atoms with Gasteiger partial charge in [0.2, 0.25) is 0 Å². The Hall–Kier alpha value is -1.16. The van der Waals surface area contributed by atoms with Crippen LogP contribution >= 0.6 is 21.2 Å². The highest BCUT2D eigenvalue weighted by Gasteiger charge is 2.14. The van der Waals surface area contributed by atoms with Gasteiger partial charge in [-0.3, -0.25) is 4.72 Å². The number of hydrogen-bond acceptors (Lipinski definition) is 1. The molecule has 0 saturated heterocycles. The Morgan fingerprint density at radius 1 is 0.909 bits per heavy atom. The Kier molecular flexibility index (Phi) is 5.43. The smallest absolute Gasteiger partial charge is 0.0319 e. The molecule has 2 aromatic carbocycles. The molecule has 0 aromatic heterocycles. The van der Waals surface area contributed by atoms with Crippen molar-refractivity contribution in [2.75, 3.05) is 0 Å². The third kappa shape index (κ3) is 3.43. The normalized spacial score (nSPS) is 20.6. The van der Waals surface area contributed by atoms with Crippen molar-refractivity contribution in [2.24, 2.45) is 0 Å². The van der Waals surface area contributed by atoms with Gasteiger partial charge in [-0.1, -0.05) is 65.2 Å². The summed E-state index contributed by atoms with van der Waals surface area (Å²) in [5.41, 5.74) is 5.64. The molecular weight excluding hydrogens is 306 g/mol. The Bertz CT molecular complexity index is 747. The van der Waals surface area contributed by atoms with Crippen molar-refractivity contribution in [1.29, 1.82) is 0 Å². The molecule has 1 nitrogen and oxygen atoms in total. The average Bonchev–Trinajstić information content (AvgIpc) is 2.79. The minimum Gasteiger partial charge on any atom is -0.262 e. The maximum absolute atomic E-state index is 4.04. The van der Waals surface area contributed by atoms with Crippen molar-refractivity contribution in [3.05, 3.63) is 58.7 Å². The van der Waals surface area contributed by atoms with Crippen molar-refractivity contribution < 1.29 is 0 Å². The summed E-state index contributed by atoms with van der Waals surface area (Å²) in [4.78, 5) is 2.86. The molecule has 22 heavy (non-hydrogen) atoms. The molecule has 0 fully saturated rings. The van der Waals surface area contributed by atoms with Crippen LogP contribution in [-0.4, -0.2) is 11.7 Å². The van der Waals surface area contributed by atoms with Crippen molar-refractivity contribution in [2.45, 2.75) is 43.4 Å². The molecule has 118 valence electrons. The standard InChI is InChI=1S/C9H11NS.C9H10S.CH4/c1-7-3-4-9-8(5-7)6-10-11(9)2;1-7-3-4-9-8(5-7)6-10(9)2;/h3-5,10H,2,6H2,1H3;3-5H,2,6H2,1H3;1H4. The summed E-state index contributed by atoms with van der Waals surface area (Å²) in [6.45, 7) is 5.25. The first-order chi connectivity index (χ1) is 10.0. The molecule has 2 aliphatic rings. The lowest BCUT2D eigenvalue weighted by Gasteiger charge is -2.22. The maximum atomic E-state index is 4.04. The molecule has 2 aromatic rings. The van der Waals surface area contributed by atoms with Crippen molar-refractivity contribution in [3.63, 3.8) is 0 Å². The van der Waals surface area contributed by atoms with E-state index in [2.05, 4.69) is 66.7 Å². The summed E-state index contributed by atoms with van der Waals surface area (Å²) in [5, 5.41) is 0. The predicted molar refractivity (Wildman–Crippen MR) is 106 cm³/mol. The lowest BCUT2D eigenvalue weighted by Crippen LogP contribution is -1.99. The summed E-state index contributed by atoms with van der Waals surface area (Å²) in [6.07, 6.45) is 0. The van der Waals surface area contributed by atoms with E-state index < -0.39 is 0 Å². The second kappa shape index (κ2) is 6.95. The molecule has 2 aliphatic heterocycles. The van der Waals surface area contributed by atoms with E-state index in [1.165, 1.54) is 37.8 Å². The Morgan fingerprint density at radius 3 is 2.09 bits per heavy atom. The van der Waals surface area contributed by atoms with E-state index >= 15 is 0 Å². The van der Waals surface area contributed by atoms with Gasteiger partial charge in [0.05, 0.1) is 0 Å². The largest absolute Gasteiger partial charge is 0.262 e. The third-order valence-electron chi connectivity index (χ3n) is 3.78. The van der Waals surface area contributed by atoms with Crippen LogP contribution in [0.2, 0.25) is 0 Å². The molecule has 0 saturated carbocycles. The van der Waals surface area contributed by atoms with E-state index in [1.54, 1.807) is 0 Å². The second-order valence-corrected chi connectivity index (χ2v) is 8.80. The summed E-state index contributed by atoms with van der Waals surface area (Å²) in [6, 6.07) is 13.2. The fourth-order valence-corrected chi connectivity index (χ4v) is 5.07. The van der Waals surface area contributed by atoms with Crippen LogP contribution in [0.1, 0.15) is 29.7 Å². The van der Waals surface area contributed by atoms with Gasteiger partial charge in [0, 0.05) is 22.1 Å². The lowest BCUT2D eigenvalue weighted by molar-refractivity contribution is 0.990. The highest BCUT2D eigenvalue weighted by atomic mass is 32.2. The third-order valence-corrected chi connectivity index (χ3v) is 6.88. The fraction of sp³-hybridized carbons (Fsp3) is 0.263. The van der Waals surface area contributed by atoms with Crippen LogP contribution in [0, 0.1) is 13.8 Å². The molecule has 0 bridgehead atoms. The first-order valence-corrected chi connectivity index (χ1v) is 9.97. The molecule has 0 amide bonds. The van der Waals surface area contributed by atoms with E-state index in [-0.39, 0.29) is 18.1 Å². The molecule has 0 radical (unpaired) electrons. The van der Waals surface area contributed by atoms with E-state index in [9.17, 15) is 0 Å². The quantitative estimate of drug-likeness (QED) is 0.648. The van der Waals surface area contributed by atoms with Gasteiger partial charge in [0.25, 0.3) is 0 Å². The van der Waals surface area contributed by atoms with Crippen molar-refractivity contribution in [1.82, 2.24) is 4.72 Å². The molecule has 2 atom stereocenters. The van der Waals surface area contributed by atoms with Crippen molar-refractivity contribution in [3.8, 4) is 0 Å². The fourth-order valence-electron chi connectivity index (χ4n) is 2.62. The summed E-state index contributed by atoms with van der Waals surface area (Å²) in [5.74, 6) is 9.27. The Labute approximate surface area is 139 Å². The predicted octanol–water partition coefficient (Wildman–Crippen LogP) is 5.28. The second-order valence-electron chi connectivity index (χ2n) is 5.57. The number of hydrogen-bond donors (Lipinski definition) is 1. The summed E-state index contributed by atoms with van der Waals surface area (Å²) < 4.78 is 3.33.